The zero-order valence-electron chi connectivity index (χ0n) is 17.4. The Balaban J connectivity index is 1.53. The zero-order valence-corrected chi connectivity index (χ0v) is 17.4. The second kappa shape index (κ2) is 8.35. The maximum Gasteiger partial charge on any atom is 0.410 e. The van der Waals surface area contributed by atoms with Crippen LogP contribution < -0.4 is 10.1 Å². The first-order chi connectivity index (χ1) is 14.8. The van der Waals surface area contributed by atoms with Crippen molar-refractivity contribution in [1.82, 2.24) is 24.6 Å². The second-order valence-corrected chi connectivity index (χ2v) is 7.99. The average molecular weight is 438 g/mol. The van der Waals surface area contributed by atoms with Crippen molar-refractivity contribution in [1.29, 1.82) is 0 Å². The second-order valence-electron chi connectivity index (χ2n) is 7.99. The molecule has 1 N–H and O–H groups in total. The van der Waals surface area contributed by atoms with E-state index in [-0.39, 0.29) is 30.3 Å². The van der Waals surface area contributed by atoms with Crippen LogP contribution in [0.4, 0.5) is 19.0 Å². The van der Waals surface area contributed by atoms with E-state index in [2.05, 4.69) is 20.4 Å². The standard InChI is InChI=1S/C20H25F3N6O2/c1-3-14-7-16(20(21,22)23)29-17(26-14)8-15(27-29)12-5-4-6-28(11-12)18(30)13-9-24-19(31-2)25-10-13/h8-10,12,14,16,26H,3-7,11H2,1-2H3/t12?,14-,16-/m1/s1. The summed E-state index contributed by atoms with van der Waals surface area (Å²) in [6.45, 7) is 2.82. The van der Waals surface area contributed by atoms with E-state index < -0.39 is 12.2 Å². The molecular weight excluding hydrogens is 413 g/mol. The lowest BCUT2D eigenvalue weighted by Crippen LogP contribution is -2.40. The highest BCUT2D eigenvalue weighted by atomic mass is 19.4. The predicted octanol–water partition coefficient (Wildman–Crippen LogP) is 3.40. The van der Waals surface area contributed by atoms with E-state index in [1.54, 1.807) is 11.0 Å². The normalized spacial score (nSPS) is 23.8. The van der Waals surface area contributed by atoms with E-state index in [4.69, 9.17) is 4.74 Å². The lowest BCUT2D eigenvalue weighted by molar-refractivity contribution is -0.173. The van der Waals surface area contributed by atoms with Crippen molar-refractivity contribution in [3.05, 3.63) is 29.7 Å². The molecule has 0 bridgehead atoms. The van der Waals surface area contributed by atoms with Crippen LogP contribution in [0.15, 0.2) is 18.5 Å². The van der Waals surface area contributed by atoms with Gasteiger partial charge in [0, 0.05) is 43.5 Å². The lowest BCUT2D eigenvalue weighted by atomic mass is 9.94. The SMILES string of the molecule is CC[C@@H]1C[C@H](C(F)(F)F)n2nc(C3CCCN(C(=O)c4cnc(OC)nc4)C3)cc2N1. The largest absolute Gasteiger partial charge is 0.467 e. The van der Waals surface area contributed by atoms with Gasteiger partial charge in [0.25, 0.3) is 5.91 Å². The number of carbonyl (C=O) groups excluding carboxylic acids is 1. The number of alkyl halides is 3. The van der Waals surface area contributed by atoms with Crippen molar-refractivity contribution in [2.75, 3.05) is 25.5 Å². The Hall–Kier alpha value is -2.85. The van der Waals surface area contributed by atoms with Crippen LogP contribution >= 0.6 is 0 Å². The molecule has 1 amide bonds. The van der Waals surface area contributed by atoms with E-state index >= 15 is 0 Å². The van der Waals surface area contributed by atoms with Crippen molar-refractivity contribution in [2.24, 2.45) is 0 Å². The minimum Gasteiger partial charge on any atom is -0.467 e. The Bertz CT molecular complexity index is 930. The Labute approximate surface area is 177 Å². The molecule has 1 saturated heterocycles. The minimum atomic E-state index is -4.36. The summed E-state index contributed by atoms with van der Waals surface area (Å²) in [4.78, 5) is 22.5. The van der Waals surface area contributed by atoms with Crippen LogP contribution in [0.25, 0.3) is 0 Å². The van der Waals surface area contributed by atoms with E-state index in [1.807, 2.05) is 6.92 Å². The molecule has 0 aliphatic carbocycles. The maximum atomic E-state index is 13.6. The summed E-state index contributed by atoms with van der Waals surface area (Å²) in [5, 5.41) is 7.51. The zero-order chi connectivity index (χ0) is 22.2. The van der Waals surface area contributed by atoms with Gasteiger partial charge in [-0.05, 0) is 25.7 Å². The summed E-state index contributed by atoms with van der Waals surface area (Å²) in [5.74, 6) is 0.0434. The van der Waals surface area contributed by atoms with Gasteiger partial charge in [-0.3, -0.25) is 4.79 Å². The van der Waals surface area contributed by atoms with E-state index in [0.29, 0.717) is 36.6 Å². The molecule has 0 aromatic carbocycles. The first-order valence-electron chi connectivity index (χ1n) is 10.4. The third-order valence-corrected chi connectivity index (χ3v) is 5.96. The molecule has 2 aromatic heterocycles. The number of hydrogen-bond donors (Lipinski definition) is 1. The highest BCUT2D eigenvalue weighted by Gasteiger charge is 2.46. The fourth-order valence-corrected chi connectivity index (χ4v) is 4.25. The number of piperidine rings is 1. The number of likely N-dealkylation sites (tertiary alicyclic amines) is 1. The van der Waals surface area contributed by atoms with Gasteiger partial charge >= 0.3 is 12.2 Å². The van der Waals surface area contributed by atoms with Gasteiger partial charge in [0.1, 0.15) is 5.82 Å². The highest BCUT2D eigenvalue weighted by Crippen LogP contribution is 2.41. The van der Waals surface area contributed by atoms with Gasteiger partial charge in [-0.25, -0.2) is 14.6 Å². The van der Waals surface area contributed by atoms with Crippen LogP contribution in [-0.4, -0.2) is 63.0 Å². The number of aromatic nitrogens is 4. The minimum absolute atomic E-state index is 0.0408. The van der Waals surface area contributed by atoms with Gasteiger partial charge in [0.05, 0.1) is 18.4 Å². The summed E-state index contributed by atoms with van der Waals surface area (Å²) < 4.78 is 46.9. The third kappa shape index (κ3) is 4.31. The van der Waals surface area contributed by atoms with Crippen LogP contribution in [-0.2, 0) is 0 Å². The van der Waals surface area contributed by atoms with Gasteiger partial charge in [-0.15, -0.1) is 0 Å². The van der Waals surface area contributed by atoms with Crippen molar-refractivity contribution in [3.8, 4) is 6.01 Å². The highest BCUT2D eigenvalue weighted by molar-refractivity contribution is 5.93. The fraction of sp³-hybridized carbons (Fsp3) is 0.600. The third-order valence-electron chi connectivity index (χ3n) is 5.96. The quantitative estimate of drug-likeness (QED) is 0.788. The first-order valence-corrected chi connectivity index (χ1v) is 10.4. The van der Waals surface area contributed by atoms with Crippen LogP contribution in [0.2, 0.25) is 0 Å². The lowest BCUT2D eigenvalue weighted by Gasteiger charge is -2.33. The van der Waals surface area contributed by atoms with Crippen LogP contribution in [0.3, 0.4) is 0 Å². The first kappa shape index (κ1) is 21.4. The number of amides is 1. The van der Waals surface area contributed by atoms with Crippen LogP contribution in [0.1, 0.15) is 60.6 Å². The predicted molar refractivity (Wildman–Crippen MR) is 106 cm³/mol. The summed E-state index contributed by atoms with van der Waals surface area (Å²) >= 11 is 0. The van der Waals surface area contributed by atoms with Gasteiger partial charge in [0.2, 0.25) is 0 Å². The Kier molecular flexibility index (Phi) is 5.76. The Morgan fingerprint density at radius 1 is 1.32 bits per heavy atom. The molecule has 1 fully saturated rings. The number of methoxy groups -OCH3 is 1. The monoisotopic (exact) mass is 438 g/mol. The summed E-state index contributed by atoms with van der Waals surface area (Å²) in [5.41, 5.74) is 0.923. The summed E-state index contributed by atoms with van der Waals surface area (Å²) in [6, 6.07) is -0.00689. The number of fused-ring (bicyclic) bond motifs is 1. The number of anilines is 1. The molecule has 0 saturated carbocycles. The molecular formula is C20H25F3N6O2. The molecule has 0 radical (unpaired) electrons. The molecule has 2 aliphatic heterocycles. The number of hydrogen-bond acceptors (Lipinski definition) is 6. The number of carbonyl (C=O) groups is 1. The number of halogens is 3. The topological polar surface area (TPSA) is 85.2 Å². The van der Waals surface area contributed by atoms with Gasteiger partial charge in [-0.2, -0.15) is 18.3 Å². The summed E-state index contributed by atoms with van der Waals surface area (Å²) in [7, 11) is 1.44. The van der Waals surface area contributed by atoms with Crippen LogP contribution in [0, 0.1) is 0 Å². The Morgan fingerprint density at radius 3 is 2.71 bits per heavy atom. The molecule has 168 valence electrons. The molecule has 11 heteroatoms. The molecule has 1 unspecified atom stereocenters. The van der Waals surface area contributed by atoms with Gasteiger partial charge in [-0.1, -0.05) is 6.92 Å². The maximum absolute atomic E-state index is 13.6. The van der Waals surface area contributed by atoms with Crippen molar-refractivity contribution in [3.63, 3.8) is 0 Å². The number of rotatable bonds is 4. The summed E-state index contributed by atoms with van der Waals surface area (Å²) in [6.07, 6.45) is 0.516. The average Bonchev–Trinajstić information content (AvgIpc) is 3.21. The van der Waals surface area contributed by atoms with Crippen LogP contribution in [0.5, 0.6) is 6.01 Å². The number of nitrogens with zero attached hydrogens (tertiary/aromatic N) is 5. The Morgan fingerprint density at radius 2 is 2.06 bits per heavy atom. The number of ether oxygens (including phenoxy) is 1. The van der Waals surface area contributed by atoms with E-state index in [1.165, 1.54) is 19.5 Å². The van der Waals surface area contributed by atoms with Gasteiger partial charge in [0.15, 0.2) is 6.04 Å². The fourth-order valence-electron chi connectivity index (χ4n) is 4.25. The molecule has 4 heterocycles. The molecule has 2 aliphatic rings. The van der Waals surface area contributed by atoms with Crippen molar-refractivity contribution >= 4 is 11.7 Å². The molecule has 8 nitrogen and oxygen atoms in total. The molecule has 0 spiro atoms. The van der Waals surface area contributed by atoms with Crippen molar-refractivity contribution in [2.45, 2.75) is 56.8 Å². The van der Waals surface area contributed by atoms with Crippen molar-refractivity contribution < 1.29 is 22.7 Å². The molecule has 31 heavy (non-hydrogen) atoms. The molecule has 2 aromatic rings. The smallest absolute Gasteiger partial charge is 0.410 e. The van der Waals surface area contributed by atoms with E-state index in [9.17, 15) is 18.0 Å². The molecule has 4 rings (SSSR count). The molecule has 3 atom stereocenters. The number of nitrogens with one attached hydrogen (secondary N) is 1. The van der Waals surface area contributed by atoms with Gasteiger partial charge < -0.3 is 15.0 Å². The van der Waals surface area contributed by atoms with E-state index in [0.717, 1.165) is 17.5 Å².